The van der Waals surface area contributed by atoms with Gasteiger partial charge in [-0.25, -0.2) is 4.68 Å². The molecule has 4 aromatic rings. The third kappa shape index (κ3) is 5.43. The minimum atomic E-state index is -0.829. The topological polar surface area (TPSA) is 89.4 Å². The number of amides is 2. The predicted octanol–water partition coefficient (Wildman–Crippen LogP) is 4.21. The van der Waals surface area contributed by atoms with E-state index in [1.807, 2.05) is 60.0 Å². The fourth-order valence-electron chi connectivity index (χ4n) is 4.37. The molecule has 5 rings (SSSR count). The summed E-state index contributed by atoms with van der Waals surface area (Å²) >= 11 is 7.91. The summed E-state index contributed by atoms with van der Waals surface area (Å²) in [6, 6.07) is 17.7. The van der Waals surface area contributed by atoms with Crippen LogP contribution in [0, 0.1) is 0 Å². The second-order valence-electron chi connectivity index (χ2n) is 8.65. The van der Waals surface area contributed by atoms with Crippen LogP contribution in [-0.2, 0) is 27.4 Å². The van der Waals surface area contributed by atoms with Crippen LogP contribution in [0.3, 0.4) is 0 Å². The van der Waals surface area contributed by atoms with Gasteiger partial charge in [-0.05, 0) is 48.1 Å². The predicted molar refractivity (Wildman–Crippen MR) is 139 cm³/mol. The molecule has 0 saturated carbocycles. The summed E-state index contributed by atoms with van der Waals surface area (Å²) in [5, 5.41) is 13.8. The van der Waals surface area contributed by atoms with Gasteiger partial charge in [0.05, 0.1) is 11.6 Å². The lowest BCUT2D eigenvalue weighted by molar-refractivity contribution is -0.142. The molecular weight excluding hydrogens is 498 g/mol. The molecule has 1 fully saturated rings. The summed E-state index contributed by atoms with van der Waals surface area (Å²) in [4.78, 5) is 29.8. The van der Waals surface area contributed by atoms with Crippen LogP contribution in [0.25, 0.3) is 11.0 Å². The Hall–Kier alpha value is -3.27. The maximum Gasteiger partial charge on any atom is 0.248 e. The van der Waals surface area contributed by atoms with E-state index in [2.05, 4.69) is 15.6 Å². The Morgan fingerprint density at radius 2 is 2.00 bits per heavy atom. The lowest BCUT2D eigenvalue weighted by Gasteiger charge is -2.31. The highest BCUT2D eigenvalue weighted by Crippen LogP contribution is 2.30. The quantitative estimate of drug-likeness (QED) is 0.355. The molecule has 8 nitrogen and oxygen atoms in total. The van der Waals surface area contributed by atoms with E-state index >= 15 is 0 Å². The van der Waals surface area contributed by atoms with Gasteiger partial charge in [-0.2, -0.15) is 0 Å². The minimum absolute atomic E-state index is 0.00725. The lowest BCUT2D eigenvalue weighted by atomic mass is 10.1. The zero-order valence-electron chi connectivity index (χ0n) is 19.5. The van der Waals surface area contributed by atoms with Crippen molar-refractivity contribution in [2.45, 2.75) is 38.1 Å². The maximum absolute atomic E-state index is 13.9. The molecule has 1 saturated heterocycles. The molecule has 0 radical (unpaired) electrons. The molecule has 2 amide bonds. The van der Waals surface area contributed by atoms with Crippen LogP contribution < -0.4 is 5.32 Å². The van der Waals surface area contributed by atoms with E-state index in [1.165, 1.54) is 11.3 Å². The van der Waals surface area contributed by atoms with Gasteiger partial charge >= 0.3 is 0 Å². The third-order valence-corrected chi connectivity index (χ3v) is 7.52. The number of carbonyl (C=O) groups is 2. The van der Waals surface area contributed by atoms with Crippen molar-refractivity contribution < 1.29 is 14.3 Å². The molecule has 3 heterocycles. The number of thiophene rings is 1. The zero-order chi connectivity index (χ0) is 24.9. The number of halogens is 1. The Balaban J connectivity index is 1.47. The van der Waals surface area contributed by atoms with Crippen LogP contribution in [0.4, 0.5) is 0 Å². The van der Waals surface area contributed by atoms with Crippen molar-refractivity contribution in [2.75, 3.05) is 13.2 Å². The molecule has 2 aromatic carbocycles. The van der Waals surface area contributed by atoms with Crippen LogP contribution in [0.15, 0.2) is 66.0 Å². The lowest BCUT2D eigenvalue weighted by Crippen LogP contribution is -2.45. The summed E-state index contributed by atoms with van der Waals surface area (Å²) in [7, 11) is 0. The zero-order valence-corrected chi connectivity index (χ0v) is 21.1. The Labute approximate surface area is 217 Å². The Morgan fingerprint density at radius 1 is 1.17 bits per heavy atom. The highest BCUT2D eigenvalue weighted by Gasteiger charge is 2.33. The minimum Gasteiger partial charge on any atom is -0.376 e. The highest BCUT2D eigenvalue weighted by molar-refractivity contribution is 7.10. The maximum atomic E-state index is 13.9. The van der Waals surface area contributed by atoms with Crippen molar-refractivity contribution in [3.05, 3.63) is 81.5 Å². The van der Waals surface area contributed by atoms with Crippen LogP contribution in [-0.4, -0.2) is 51.0 Å². The fraction of sp³-hybridized carbons (Fsp3) is 0.308. The normalized spacial score (nSPS) is 16.2. The monoisotopic (exact) mass is 523 g/mol. The molecule has 0 bridgehead atoms. The molecule has 1 aliphatic rings. The van der Waals surface area contributed by atoms with Gasteiger partial charge in [0.1, 0.15) is 18.1 Å². The van der Waals surface area contributed by atoms with Gasteiger partial charge in [0, 0.05) is 29.6 Å². The number of rotatable bonds is 9. The first-order valence-corrected chi connectivity index (χ1v) is 13.1. The third-order valence-electron chi connectivity index (χ3n) is 6.22. The van der Waals surface area contributed by atoms with E-state index in [0.717, 1.165) is 28.8 Å². The van der Waals surface area contributed by atoms with Crippen LogP contribution >= 0.6 is 22.9 Å². The van der Waals surface area contributed by atoms with E-state index in [1.54, 1.807) is 15.6 Å². The molecule has 0 spiro atoms. The van der Waals surface area contributed by atoms with E-state index in [-0.39, 0.29) is 31.0 Å². The molecule has 1 N–H and O–H groups in total. The average Bonchev–Trinajstić information content (AvgIpc) is 3.67. The van der Waals surface area contributed by atoms with Gasteiger partial charge in [0.25, 0.3) is 0 Å². The summed E-state index contributed by atoms with van der Waals surface area (Å²) < 4.78 is 7.24. The number of nitrogens with zero attached hydrogens (tertiary/aromatic N) is 4. The van der Waals surface area contributed by atoms with Gasteiger partial charge < -0.3 is 15.0 Å². The largest absolute Gasteiger partial charge is 0.376 e. The molecule has 0 aliphatic carbocycles. The number of carbonyl (C=O) groups excluding carboxylic acids is 2. The number of benzene rings is 2. The standard InChI is InChI=1S/C26H26ClN5O3S/c27-20-9-2-1-7-18(20)16-31(24(33)17-32-22-11-4-3-10-21(22)29-30-32)25(23-12-6-14-36-23)26(34)28-15-19-8-5-13-35-19/h1-4,6-7,9-12,14,19,25H,5,8,13,15-17H2,(H,28,34)/t19-,25-/m0/s1. The van der Waals surface area contributed by atoms with Crippen LogP contribution in [0.1, 0.15) is 29.3 Å². The Kier molecular flexibility index (Phi) is 7.60. The first kappa shape index (κ1) is 24.4. The molecule has 0 unspecified atom stereocenters. The first-order valence-electron chi connectivity index (χ1n) is 11.8. The Bertz CT molecular complexity index is 1340. The van der Waals surface area contributed by atoms with E-state index in [4.69, 9.17) is 16.3 Å². The molecule has 2 atom stereocenters. The number of para-hydroxylation sites is 1. The smallest absolute Gasteiger partial charge is 0.248 e. The van der Waals surface area contributed by atoms with Crippen LogP contribution in [0.2, 0.25) is 5.02 Å². The molecular formula is C26H26ClN5O3S. The number of nitrogens with one attached hydrogen (secondary N) is 1. The average molecular weight is 524 g/mol. The van der Waals surface area contributed by atoms with E-state index < -0.39 is 6.04 Å². The fourth-order valence-corrected chi connectivity index (χ4v) is 5.40. The summed E-state index contributed by atoms with van der Waals surface area (Å²) in [5.41, 5.74) is 2.20. The molecule has 2 aromatic heterocycles. The summed E-state index contributed by atoms with van der Waals surface area (Å²) in [6.45, 7) is 1.22. The van der Waals surface area contributed by atoms with Crippen molar-refractivity contribution >= 4 is 45.8 Å². The Morgan fingerprint density at radius 3 is 2.78 bits per heavy atom. The molecule has 36 heavy (non-hydrogen) atoms. The van der Waals surface area contributed by atoms with E-state index in [0.29, 0.717) is 23.7 Å². The summed E-state index contributed by atoms with van der Waals surface area (Å²) in [5.74, 6) is -0.520. The van der Waals surface area contributed by atoms with Gasteiger partial charge in [0.2, 0.25) is 11.8 Å². The number of ether oxygens (including phenoxy) is 1. The molecule has 10 heteroatoms. The number of aromatic nitrogens is 3. The number of fused-ring (bicyclic) bond motifs is 1. The molecule has 1 aliphatic heterocycles. The van der Waals surface area contributed by atoms with Crippen molar-refractivity contribution in [2.24, 2.45) is 0 Å². The highest BCUT2D eigenvalue weighted by atomic mass is 35.5. The summed E-state index contributed by atoms with van der Waals surface area (Å²) in [6.07, 6.45) is 1.89. The first-order chi connectivity index (χ1) is 17.6. The van der Waals surface area contributed by atoms with Crippen molar-refractivity contribution in [1.29, 1.82) is 0 Å². The SMILES string of the molecule is O=C(NC[C@@H]1CCCO1)[C@H](c1cccs1)N(Cc1ccccc1Cl)C(=O)Cn1nnc2ccccc21. The second kappa shape index (κ2) is 11.2. The van der Waals surface area contributed by atoms with Crippen LogP contribution in [0.5, 0.6) is 0 Å². The van der Waals surface area contributed by atoms with E-state index in [9.17, 15) is 9.59 Å². The second-order valence-corrected chi connectivity index (χ2v) is 10.0. The van der Waals surface area contributed by atoms with Gasteiger partial charge in [-0.15, -0.1) is 16.4 Å². The van der Waals surface area contributed by atoms with Gasteiger partial charge in [-0.1, -0.05) is 53.2 Å². The van der Waals surface area contributed by atoms with Crippen molar-refractivity contribution in [1.82, 2.24) is 25.2 Å². The molecule has 186 valence electrons. The van der Waals surface area contributed by atoms with Gasteiger partial charge in [0.15, 0.2) is 0 Å². The number of hydrogen-bond acceptors (Lipinski definition) is 6. The van der Waals surface area contributed by atoms with Gasteiger partial charge in [-0.3, -0.25) is 9.59 Å². The van der Waals surface area contributed by atoms with Crippen molar-refractivity contribution in [3.8, 4) is 0 Å². The van der Waals surface area contributed by atoms with Crippen molar-refractivity contribution in [3.63, 3.8) is 0 Å². The number of hydrogen-bond donors (Lipinski definition) is 1.